The zero-order chi connectivity index (χ0) is 45.8. The standard InChI is InChI=1S/C59H51F2N4O.Pt/c1-8-15-40-26-27-62-56(28-40)65-52-21-10-9-18-46(52)47-25-24-44(34-55(47)65)66-45-30-41(57-38(6)16-13-17-39(57)7)29-43(33-45)63-35-64(54-23-12-11-22-53(54)63)59-48(36(2)3)31-42(32-49(59)37(4)5)58-50(60)19-14-20-51(58)61;/h9-14,16-32,35-37H,8,15H2,1-7H3;/q-3;. The van der Waals surface area contributed by atoms with Gasteiger partial charge in [-0.25, -0.2) is 13.8 Å². The monoisotopic (exact) mass is 1060 g/mol. The zero-order valence-corrected chi connectivity index (χ0v) is 41.0. The molecule has 10 rings (SSSR count). The van der Waals surface area contributed by atoms with Crippen LogP contribution in [0.2, 0.25) is 0 Å². The number of ether oxygens (including phenoxy) is 1. The first-order valence-corrected chi connectivity index (χ1v) is 22.9. The van der Waals surface area contributed by atoms with Crippen molar-refractivity contribution in [3.8, 4) is 39.6 Å². The first-order chi connectivity index (χ1) is 32.0. The number of aryl methyl sites for hydroxylation is 3. The van der Waals surface area contributed by atoms with Gasteiger partial charge in [0.25, 0.3) is 0 Å². The number of rotatable bonds is 11. The fourth-order valence-corrected chi connectivity index (χ4v) is 9.68. The van der Waals surface area contributed by atoms with E-state index in [0.717, 1.165) is 96.6 Å². The number of anilines is 4. The molecule has 0 fully saturated rings. The van der Waals surface area contributed by atoms with Crippen molar-refractivity contribution in [2.45, 2.75) is 73.1 Å². The summed E-state index contributed by atoms with van der Waals surface area (Å²) in [7, 11) is 0. The number of benzene rings is 7. The van der Waals surface area contributed by atoms with E-state index in [1.165, 1.54) is 23.8 Å². The maximum atomic E-state index is 15.4. The molecule has 7 aromatic carbocycles. The second-order valence-electron chi connectivity index (χ2n) is 18.0. The Morgan fingerprint density at radius 2 is 1.28 bits per heavy atom. The molecule has 3 heterocycles. The number of fused-ring (bicyclic) bond motifs is 4. The Balaban J connectivity index is 0.00000562. The van der Waals surface area contributed by atoms with Crippen LogP contribution in [0.25, 0.3) is 49.9 Å². The Kier molecular flexibility index (Phi) is 12.7. The van der Waals surface area contributed by atoms with Crippen molar-refractivity contribution < 1.29 is 34.6 Å². The van der Waals surface area contributed by atoms with E-state index in [9.17, 15) is 0 Å². The van der Waals surface area contributed by atoms with Gasteiger partial charge in [-0.3, -0.25) is 0 Å². The van der Waals surface area contributed by atoms with E-state index in [4.69, 9.17) is 9.72 Å². The molecule has 0 amide bonds. The molecule has 2 aromatic heterocycles. The molecule has 0 radical (unpaired) electrons. The van der Waals surface area contributed by atoms with Gasteiger partial charge in [-0.15, -0.1) is 53.6 Å². The number of para-hydroxylation sites is 3. The van der Waals surface area contributed by atoms with Gasteiger partial charge in [0.05, 0.1) is 5.56 Å². The summed E-state index contributed by atoms with van der Waals surface area (Å²) in [6.07, 6.45) is 3.90. The zero-order valence-electron chi connectivity index (χ0n) is 38.7. The van der Waals surface area contributed by atoms with Gasteiger partial charge in [0.1, 0.15) is 17.5 Å². The fourth-order valence-electron chi connectivity index (χ4n) is 9.68. The Hall–Kier alpha value is -6.56. The van der Waals surface area contributed by atoms with E-state index in [1.807, 2.05) is 36.5 Å². The van der Waals surface area contributed by atoms with Gasteiger partial charge in [0.2, 0.25) is 0 Å². The minimum Gasteiger partial charge on any atom is -0.509 e. The molecule has 8 heteroatoms. The summed E-state index contributed by atoms with van der Waals surface area (Å²) >= 11 is 0. The molecule has 0 unspecified atom stereocenters. The van der Waals surface area contributed by atoms with Gasteiger partial charge < -0.3 is 19.1 Å². The number of hydrogen-bond donors (Lipinski definition) is 0. The second kappa shape index (κ2) is 18.6. The molecule has 0 aliphatic carbocycles. The van der Waals surface area contributed by atoms with Crippen molar-refractivity contribution in [1.29, 1.82) is 0 Å². The summed E-state index contributed by atoms with van der Waals surface area (Å²) in [5.74, 6) is 0.838. The largest absolute Gasteiger partial charge is 0.509 e. The minimum absolute atomic E-state index is 0. The molecule has 1 aliphatic heterocycles. The molecule has 9 aromatic rings. The minimum atomic E-state index is -0.581. The van der Waals surface area contributed by atoms with Crippen LogP contribution in [0, 0.1) is 44.3 Å². The van der Waals surface area contributed by atoms with E-state index in [-0.39, 0.29) is 38.5 Å². The van der Waals surface area contributed by atoms with E-state index in [0.29, 0.717) is 17.1 Å². The smallest absolute Gasteiger partial charge is 0.135 e. The van der Waals surface area contributed by atoms with Crippen LogP contribution in [0.4, 0.5) is 31.5 Å². The number of aromatic nitrogens is 2. The summed E-state index contributed by atoms with van der Waals surface area (Å²) in [6, 6.07) is 51.0. The molecule has 0 bridgehead atoms. The molecule has 0 N–H and O–H groups in total. The van der Waals surface area contributed by atoms with E-state index in [1.54, 1.807) is 0 Å². The van der Waals surface area contributed by atoms with Crippen LogP contribution in [-0.2, 0) is 27.5 Å². The Morgan fingerprint density at radius 3 is 1.97 bits per heavy atom. The number of hydrogen-bond acceptors (Lipinski definition) is 4. The van der Waals surface area contributed by atoms with Crippen LogP contribution < -0.4 is 14.5 Å². The van der Waals surface area contributed by atoms with E-state index in [2.05, 4.69) is 167 Å². The van der Waals surface area contributed by atoms with Crippen LogP contribution in [0.5, 0.6) is 11.5 Å². The van der Waals surface area contributed by atoms with Crippen molar-refractivity contribution in [2.75, 3.05) is 9.80 Å². The van der Waals surface area contributed by atoms with Crippen molar-refractivity contribution in [2.24, 2.45) is 0 Å². The average molecular weight is 1070 g/mol. The predicted octanol–water partition coefficient (Wildman–Crippen LogP) is 16.4. The Bertz CT molecular complexity index is 3250. The molecule has 67 heavy (non-hydrogen) atoms. The maximum absolute atomic E-state index is 15.4. The molecule has 0 spiro atoms. The van der Waals surface area contributed by atoms with Crippen molar-refractivity contribution in [3.05, 3.63) is 198 Å². The Labute approximate surface area is 407 Å². The third kappa shape index (κ3) is 8.33. The number of pyridine rings is 1. The maximum Gasteiger partial charge on any atom is 0.135 e. The molecule has 1 aliphatic rings. The summed E-state index contributed by atoms with van der Waals surface area (Å²) in [5.41, 5.74) is 13.8. The number of halogens is 2. The summed E-state index contributed by atoms with van der Waals surface area (Å²) in [6.45, 7) is 17.1. The van der Waals surface area contributed by atoms with Crippen LogP contribution in [0.15, 0.2) is 140 Å². The molecular weight excluding hydrogens is 1010 g/mol. The topological polar surface area (TPSA) is 33.5 Å². The summed E-state index contributed by atoms with van der Waals surface area (Å²) < 4.78 is 39.8. The second-order valence-corrected chi connectivity index (χ2v) is 18.0. The van der Waals surface area contributed by atoms with Crippen molar-refractivity contribution >= 4 is 44.6 Å². The quantitative estimate of drug-likeness (QED) is 0.121. The molecule has 0 saturated carbocycles. The van der Waals surface area contributed by atoms with Gasteiger partial charge >= 0.3 is 0 Å². The van der Waals surface area contributed by atoms with Crippen LogP contribution in [0.1, 0.15) is 80.7 Å². The predicted molar refractivity (Wildman–Crippen MR) is 267 cm³/mol. The van der Waals surface area contributed by atoms with Crippen LogP contribution in [-0.4, -0.2) is 9.55 Å². The third-order valence-corrected chi connectivity index (χ3v) is 12.8. The van der Waals surface area contributed by atoms with Crippen LogP contribution in [0.3, 0.4) is 0 Å². The third-order valence-electron chi connectivity index (χ3n) is 12.8. The van der Waals surface area contributed by atoms with Gasteiger partial charge in [-0.2, -0.15) is 6.07 Å². The van der Waals surface area contributed by atoms with Gasteiger partial charge in [0, 0.05) is 61.3 Å². The van der Waals surface area contributed by atoms with Crippen molar-refractivity contribution in [3.63, 3.8) is 0 Å². The SMILES string of the molecule is CCCc1ccnc(-n2c3[c-]c(Oc4[c-]c(N5[CH-]N(c6c(C(C)C)cc(-c7c(F)cccc7F)cc6C(C)C)c6ccccc65)cc(-c5c(C)cccc5C)c4)ccc3c3ccccc32)c1.[Pt]. The van der Waals surface area contributed by atoms with Crippen molar-refractivity contribution in [1.82, 2.24) is 9.55 Å². The van der Waals surface area contributed by atoms with Gasteiger partial charge in [-0.1, -0.05) is 101 Å². The van der Waals surface area contributed by atoms with Gasteiger partial charge in [0.15, 0.2) is 0 Å². The van der Waals surface area contributed by atoms with Gasteiger partial charge in [-0.05, 0) is 131 Å². The summed E-state index contributed by atoms with van der Waals surface area (Å²) in [4.78, 5) is 9.24. The molecule has 340 valence electrons. The number of nitrogens with zero attached hydrogens (tertiary/aromatic N) is 4. The average Bonchev–Trinajstić information content (AvgIpc) is 3.85. The van der Waals surface area contributed by atoms with E-state index >= 15 is 8.78 Å². The fraction of sp³-hybridized carbons (Fsp3) is 0.186. The molecular formula is C59H51F2N4OPt-3. The van der Waals surface area contributed by atoms with Crippen LogP contribution >= 0.6 is 0 Å². The summed E-state index contributed by atoms with van der Waals surface area (Å²) in [5, 5.41) is 2.18. The first kappa shape index (κ1) is 45.6. The Morgan fingerprint density at radius 1 is 0.642 bits per heavy atom. The first-order valence-electron chi connectivity index (χ1n) is 22.9. The molecule has 5 nitrogen and oxygen atoms in total. The normalized spacial score (nSPS) is 12.4. The molecule has 0 atom stereocenters. The molecule has 0 saturated heterocycles. The van der Waals surface area contributed by atoms with E-state index < -0.39 is 11.6 Å².